The Kier molecular flexibility index (Phi) is 4.81. The van der Waals surface area contributed by atoms with E-state index < -0.39 is 17.9 Å². The molecule has 1 aliphatic heterocycles. The lowest BCUT2D eigenvalue weighted by Crippen LogP contribution is -2.51. The third kappa shape index (κ3) is 3.25. The number of halogens is 1. The summed E-state index contributed by atoms with van der Waals surface area (Å²) in [6.07, 6.45) is 1.84. The Labute approximate surface area is 149 Å². The molecule has 1 aromatic heterocycles. The highest BCUT2D eigenvalue weighted by atomic mass is 35.5. The number of benzodiazepines with no additional fused rings is 1. The van der Waals surface area contributed by atoms with Crippen molar-refractivity contribution in [3.63, 3.8) is 0 Å². The van der Waals surface area contributed by atoms with Gasteiger partial charge >= 0.3 is 0 Å². The van der Waals surface area contributed by atoms with Crippen molar-refractivity contribution in [3.05, 3.63) is 58.9 Å². The molecule has 0 radical (unpaired) electrons. The van der Waals surface area contributed by atoms with Gasteiger partial charge in [-0.05, 0) is 36.8 Å². The number of carboxylic acid groups (broad SMARTS) is 1. The summed E-state index contributed by atoms with van der Waals surface area (Å²) < 4.78 is 0. The third-order valence-electron chi connectivity index (χ3n) is 3.99. The summed E-state index contributed by atoms with van der Waals surface area (Å²) >= 11 is 6.14. The van der Waals surface area contributed by atoms with Crippen LogP contribution < -0.4 is 10.0 Å². The van der Waals surface area contributed by atoms with Gasteiger partial charge in [0.05, 0.1) is 29.1 Å². The number of pyridine rings is 1. The first-order valence-electron chi connectivity index (χ1n) is 7.81. The fraction of sp³-hybridized carbons (Fsp3) is 0.222. The highest BCUT2D eigenvalue weighted by Crippen LogP contribution is 2.31. The predicted octanol–water partition coefficient (Wildman–Crippen LogP) is 1.45. The number of fused-ring (bicyclic) bond motifs is 1. The Morgan fingerprint density at radius 2 is 2.16 bits per heavy atom. The fourth-order valence-corrected chi connectivity index (χ4v) is 3.04. The van der Waals surface area contributed by atoms with Crippen molar-refractivity contribution in [2.24, 2.45) is 4.99 Å². The van der Waals surface area contributed by atoms with Gasteiger partial charge in [0.2, 0.25) is 5.91 Å². The Morgan fingerprint density at radius 3 is 2.80 bits per heavy atom. The molecule has 2 aromatic rings. The standard InChI is InChI=1S/C18H16ClN3O3/c1-2-14(18(24)25)22-15-7-6-11(19)9-12(15)17(21-10-16(22)23)13-5-3-4-8-20-13/h3-9,14H,2,10H2,1H3,(H,24,25)/p-1. The van der Waals surface area contributed by atoms with Crippen LogP contribution in [0.25, 0.3) is 0 Å². The molecule has 1 amide bonds. The van der Waals surface area contributed by atoms with E-state index in [9.17, 15) is 14.7 Å². The molecule has 7 heteroatoms. The minimum Gasteiger partial charge on any atom is -0.548 e. The lowest BCUT2D eigenvalue weighted by Gasteiger charge is -2.32. The lowest BCUT2D eigenvalue weighted by atomic mass is 10.0. The van der Waals surface area contributed by atoms with E-state index in [-0.39, 0.29) is 13.0 Å². The number of hydrogen-bond acceptors (Lipinski definition) is 5. The first-order valence-corrected chi connectivity index (χ1v) is 8.19. The van der Waals surface area contributed by atoms with Crippen molar-refractivity contribution in [1.29, 1.82) is 0 Å². The molecule has 0 spiro atoms. The van der Waals surface area contributed by atoms with E-state index in [2.05, 4.69) is 9.98 Å². The summed E-state index contributed by atoms with van der Waals surface area (Å²) in [7, 11) is 0. The zero-order chi connectivity index (χ0) is 18.0. The van der Waals surface area contributed by atoms with E-state index in [1.165, 1.54) is 4.90 Å². The van der Waals surface area contributed by atoms with Gasteiger partial charge < -0.3 is 14.8 Å². The molecule has 0 bridgehead atoms. The van der Waals surface area contributed by atoms with Gasteiger partial charge in [0.25, 0.3) is 0 Å². The Bertz CT molecular complexity index is 852. The SMILES string of the molecule is CCC(C(=O)[O-])N1C(=O)CN=C(c2ccccn2)c2cc(Cl)ccc21. The number of hydrogen-bond donors (Lipinski definition) is 0. The monoisotopic (exact) mass is 356 g/mol. The van der Waals surface area contributed by atoms with E-state index in [0.717, 1.165) is 0 Å². The third-order valence-corrected chi connectivity index (χ3v) is 4.23. The molecule has 6 nitrogen and oxygen atoms in total. The number of anilines is 1. The molecule has 0 saturated heterocycles. The van der Waals surface area contributed by atoms with Crippen molar-refractivity contribution in [1.82, 2.24) is 4.98 Å². The van der Waals surface area contributed by atoms with Crippen LogP contribution in [-0.4, -0.2) is 35.2 Å². The van der Waals surface area contributed by atoms with Crippen molar-refractivity contribution >= 4 is 34.9 Å². The number of benzene rings is 1. The Morgan fingerprint density at radius 1 is 1.36 bits per heavy atom. The van der Waals surface area contributed by atoms with Crippen LogP contribution in [0.4, 0.5) is 5.69 Å². The van der Waals surface area contributed by atoms with E-state index >= 15 is 0 Å². The minimum atomic E-state index is -1.31. The molecule has 3 rings (SSSR count). The number of carbonyl (C=O) groups is 2. The first-order chi connectivity index (χ1) is 12.0. The van der Waals surface area contributed by atoms with Gasteiger partial charge in [-0.15, -0.1) is 0 Å². The summed E-state index contributed by atoms with van der Waals surface area (Å²) in [4.78, 5) is 34.1. The lowest BCUT2D eigenvalue weighted by molar-refractivity contribution is -0.307. The highest BCUT2D eigenvalue weighted by Gasteiger charge is 2.31. The normalized spacial score (nSPS) is 15.2. The molecule has 1 aliphatic rings. The van der Waals surface area contributed by atoms with Gasteiger partial charge in [-0.1, -0.05) is 24.6 Å². The molecule has 0 saturated carbocycles. The average Bonchev–Trinajstić information content (AvgIpc) is 2.73. The van der Waals surface area contributed by atoms with Gasteiger partial charge in [-0.2, -0.15) is 0 Å². The first kappa shape index (κ1) is 17.1. The second kappa shape index (κ2) is 7.03. The average molecular weight is 357 g/mol. The molecule has 1 unspecified atom stereocenters. The molecular formula is C18H15ClN3O3-. The van der Waals surface area contributed by atoms with Crippen LogP contribution in [-0.2, 0) is 9.59 Å². The Balaban J connectivity index is 2.21. The zero-order valence-corrected chi connectivity index (χ0v) is 14.2. The molecule has 1 aromatic carbocycles. The number of amides is 1. The van der Waals surface area contributed by atoms with Crippen LogP contribution in [0.5, 0.6) is 0 Å². The summed E-state index contributed by atoms with van der Waals surface area (Å²) in [6.45, 7) is 1.51. The number of aliphatic carboxylic acids is 1. The molecule has 128 valence electrons. The number of nitrogens with zero attached hydrogens (tertiary/aromatic N) is 3. The molecule has 0 fully saturated rings. The minimum absolute atomic E-state index is 0.179. The quantitative estimate of drug-likeness (QED) is 0.829. The molecule has 2 heterocycles. The maximum Gasteiger partial charge on any atom is 0.249 e. The van der Waals surface area contributed by atoms with Crippen molar-refractivity contribution in [3.8, 4) is 0 Å². The molecule has 25 heavy (non-hydrogen) atoms. The zero-order valence-electron chi connectivity index (χ0n) is 13.5. The number of aromatic nitrogens is 1. The fourth-order valence-electron chi connectivity index (χ4n) is 2.87. The molecule has 0 N–H and O–H groups in total. The van der Waals surface area contributed by atoms with E-state index in [1.54, 1.807) is 43.5 Å². The van der Waals surface area contributed by atoms with E-state index in [1.807, 2.05) is 6.07 Å². The van der Waals surface area contributed by atoms with Crippen LogP contribution in [0.2, 0.25) is 5.02 Å². The van der Waals surface area contributed by atoms with Gasteiger partial charge in [-0.25, -0.2) is 0 Å². The number of carbonyl (C=O) groups excluding carboxylic acids is 2. The van der Waals surface area contributed by atoms with Gasteiger partial charge in [0.1, 0.15) is 6.54 Å². The summed E-state index contributed by atoms with van der Waals surface area (Å²) in [5.74, 6) is -1.72. The smallest absolute Gasteiger partial charge is 0.249 e. The number of aliphatic imine (C=N–C) groups is 1. The van der Waals surface area contributed by atoms with E-state index in [4.69, 9.17) is 11.6 Å². The summed E-state index contributed by atoms with van der Waals surface area (Å²) in [5.41, 5.74) is 2.09. The topological polar surface area (TPSA) is 85.7 Å². The van der Waals surface area contributed by atoms with Crippen molar-refractivity contribution < 1.29 is 14.7 Å². The maximum atomic E-state index is 12.6. The van der Waals surface area contributed by atoms with Crippen LogP contribution >= 0.6 is 11.6 Å². The van der Waals surface area contributed by atoms with Crippen LogP contribution in [0, 0.1) is 0 Å². The summed E-state index contributed by atoms with van der Waals surface area (Å²) in [6, 6.07) is 9.20. The van der Waals surface area contributed by atoms with Gasteiger partial charge in [0, 0.05) is 16.8 Å². The molecule has 1 atom stereocenters. The van der Waals surface area contributed by atoms with Crippen molar-refractivity contribution in [2.75, 3.05) is 11.4 Å². The maximum absolute atomic E-state index is 12.6. The van der Waals surface area contributed by atoms with E-state index in [0.29, 0.717) is 27.7 Å². The van der Waals surface area contributed by atoms with Gasteiger partial charge in [-0.3, -0.25) is 14.8 Å². The molecule has 0 aliphatic carbocycles. The predicted molar refractivity (Wildman–Crippen MR) is 92.8 cm³/mol. The number of rotatable bonds is 4. The van der Waals surface area contributed by atoms with Crippen LogP contribution in [0.15, 0.2) is 47.6 Å². The van der Waals surface area contributed by atoms with Crippen LogP contribution in [0.1, 0.15) is 24.6 Å². The van der Waals surface area contributed by atoms with Crippen LogP contribution in [0.3, 0.4) is 0 Å². The van der Waals surface area contributed by atoms with Gasteiger partial charge in [0.15, 0.2) is 0 Å². The molecular weight excluding hydrogens is 342 g/mol. The second-order valence-electron chi connectivity index (χ2n) is 5.55. The number of carboxylic acids is 1. The summed E-state index contributed by atoms with van der Waals surface area (Å²) in [5, 5.41) is 12.0. The highest BCUT2D eigenvalue weighted by molar-refractivity contribution is 6.32. The second-order valence-corrected chi connectivity index (χ2v) is 5.98. The van der Waals surface area contributed by atoms with Crippen molar-refractivity contribution in [2.45, 2.75) is 19.4 Å². The Hall–Kier alpha value is -2.73. The largest absolute Gasteiger partial charge is 0.548 e.